The number of aromatic nitrogens is 3. The molecule has 36 heavy (non-hydrogen) atoms. The van der Waals surface area contributed by atoms with Crippen LogP contribution in [-0.2, 0) is 0 Å². The molecule has 0 fully saturated rings. The van der Waals surface area contributed by atoms with Crippen molar-refractivity contribution in [2.75, 3.05) is 5.32 Å². The van der Waals surface area contributed by atoms with Gasteiger partial charge in [0.05, 0.1) is 16.3 Å². The molecule has 0 bridgehead atoms. The molecular weight excluding hydrogens is 521 g/mol. The van der Waals surface area contributed by atoms with Crippen molar-refractivity contribution < 1.29 is 14.3 Å². The van der Waals surface area contributed by atoms with Crippen molar-refractivity contribution in [1.82, 2.24) is 20.1 Å². The Hall–Kier alpha value is -3.40. The summed E-state index contributed by atoms with van der Waals surface area (Å²) in [5, 5.41) is 14.5. The minimum absolute atomic E-state index is 0.109. The third-order valence-corrected chi connectivity index (χ3v) is 6.02. The van der Waals surface area contributed by atoms with Crippen LogP contribution < -0.4 is 15.4 Å². The number of benzene rings is 1. The van der Waals surface area contributed by atoms with Crippen molar-refractivity contribution >= 4 is 52.0 Å². The lowest BCUT2D eigenvalue weighted by Gasteiger charge is -2.22. The first-order valence-corrected chi connectivity index (χ1v) is 12.6. The van der Waals surface area contributed by atoms with E-state index in [0.717, 1.165) is 0 Å². The van der Waals surface area contributed by atoms with E-state index >= 15 is 0 Å². The molecule has 4 aromatic rings. The molecule has 0 aliphatic heterocycles. The highest BCUT2D eigenvalue weighted by Crippen LogP contribution is 2.30. The zero-order valence-corrected chi connectivity index (χ0v) is 22.3. The maximum absolute atomic E-state index is 13.6. The van der Waals surface area contributed by atoms with Crippen molar-refractivity contribution in [3.63, 3.8) is 0 Å². The molecule has 0 atom stereocenters. The SMILES string of the molecule is Cc1cc(Cl)cc(C(=O)NC(C)(C)C)c1NC(=O)c1cc(Oc2ccsc2)nn1-c1ncccc1Cl. The van der Waals surface area contributed by atoms with Gasteiger partial charge in [-0.15, -0.1) is 16.4 Å². The van der Waals surface area contributed by atoms with E-state index in [2.05, 4.69) is 20.7 Å². The number of hydrogen-bond donors (Lipinski definition) is 2. The standard InChI is InChI=1S/C25H23Cl2N5O3S/c1-14-10-15(26)11-17(23(33)30-25(2,3)4)21(14)29-24(34)19-12-20(35-16-7-9-36-13-16)31-32(19)22-18(27)6-5-8-28-22/h5-13H,1-4H3,(H,29,34)(H,30,33). The molecule has 186 valence electrons. The molecule has 0 spiro atoms. The van der Waals surface area contributed by atoms with E-state index < -0.39 is 11.4 Å². The highest BCUT2D eigenvalue weighted by molar-refractivity contribution is 7.08. The predicted octanol–water partition coefficient (Wildman–Crippen LogP) is 6.52. The molecule has 0 unspecified atom stereocenters. The number of nitrogens with zero attached hydrogens (tertiary/aromatic N) is 3. The molecule has 0 aliphatic rings. The van der Waals surface area contributed by atoms with Crippen molar-refractivity contribution in [3.8, 4) is 17.4 Å². The van der Waals surface area contributed by atoms with Gasteiger partial charge in [-0.1, -0.05) is 23.2 Å². The van der Waals surface area contributed by atoms with Crippen molar-refractivity contribution in [3.05, 3.63) is 80.2 Å². The van der Waals surface area contributed by atoms with E-state index in [4.69, 9.17) is 27.9 Å². The van der Waals surface area contributed by atoms with Crippen molar-refractivity contribution in [2.45, 2.75) is 33.2 Å². The average molecular weight is 544 g/mol. The van der Waals surface area contributed by atoms with Gasteiger partial charge in [0.15, 0.2) is 5.82 Å². The van der Waals surface area contributed by atoms with Gasteiger partial charge in [-0.2, -0.15) is 0 Å². The van der Waals surface area contributed by atoms with Gasteiger partial charge in [-0.25, -0.2) is 9.67 Å². The Balaban J connectivity index is 1.75. The van der Waals surface area contributed by atoms with Gasteiger partial charge in [-0.3, -0.25) is 9.59 Å². The fourth-order valence-electron chi connectivity index (χ4n) is 3.37. The molecule has 4 rings (SSSR count). The van der Waals surface area contributed by atoms with Gasteiger partial charge in [0.2, 0.25) is 5.88 Å². The van der Waals surface area contributed by atoms with Crippen molar-refractivity contribution in [2.24, 2.45) is 0 Å². The summed E-state index contributed by atoms with van der Waals surface area (Å²) in [5.41, 5.74) is 0.798. The van der Waals surface area contributed by atoms with Gasteiger partial charge in [-0.05, 0) is 69.0 Å². The number of anilines is 1. The number of halogens is 2. The number of nitrogens with one attached hydrogen (secondary N) is 2. The van der Waals surface area contributed by atoms with Crippen LogP contribution >= 0.6 is 34.5 Å². The first-order chi connectivity index (χ1) is 17.0. The highest BCUT2D eigenvalue weighted by Gasteiger charge is 2.25. The summed E-state index contributed by atoms with van der Waals surface area (Å²) in [6.07, 6.45) is 1.54. The maximum Gasteiger partial charge on any atom is 0.274 e. The Kier molecular flexibility index (Phi) is 7.35. The van der Waals surface area contributed by atoms with E-state index in [1.165, 1.54) is 28.2 Å². The molecule has 0 radical (unpaired) electrons. The normalized spacial score (nSPS) is 11.3. The zero-order chi connectivity index (χ0) is 26.0. The van der Waals surface area contributed by atoms with Crippen LogP contribution in [0.2, 0.25) is 10.0 Å². The molecular formula is C25H23Cl2N5O3S. The molecule has 8 nitrogen and oxygen atoms in total. The van der Waals surface area contributed by atoms with Crippen LogP contribution in [0.4, 0.5) is 5.69 Å². The Labute approximate surface area is 222 Å². The molecule has 1 aromatic carbocycles. The lowest BCUT2D eigenvalue weighted by atomic mass is 10.0. The Morgan fingerprint density at radius 3 is 2.56 bits per heavy atom. The minimum Gasteiger partial charge on any atom is -0.437 e. The summed E-state index contributed by atoms with van der Waals surface area (Å²) in [4.78, 5) is 30.9. The third kappa shape index (κ3) is 5.87. The summed E-state index contributed by atoms with van der Waals surface area (Å²) in [6, 6.07) is 9.78. The molecule has 2 N–H and O–H groups in total. The summed E-state index contributed by atoms with van der Waals surface area (Å²) < 4.78 is 7.11. The van der Waals surface area contributed by atoms with E-state index in [9.17, 15) is 9.59 Å². The average Bonchev–Trinajstić information content (AvgIpc) is 3.45. The van der Waals surface area contributed by atoms with Gasteiger partial charge >= 0.3 is 0 Å². The molecule has 3 heterocycles. The van der Waals surface area contributed by atoms with Crippen LogP contribution in [0, 0.1) is 6.92 Å². The summed E-state index contributed by atoms with van der Waals surface area (Å²) in [7, 11) is 0. The van der Waals surface area contributed by atoms with Gasteiger partial charge < -0.3 is 15.4 Å². The van der Waals surface area contributed by atoms with E-state index in [0.29, 0.717) is 27.0 Å². The number of carbonyl (C=O) groups excluding carboxylic acids is 2. The van der Waals surface area contributed by atoms with Crippen LogP contribution in [0.3, 0.4) is 0 Å². The number of aryl methyl sites for hydroxylation is 1. The quantitative estimate of drug-likeness (QED) is 0.288. The first kappa shape index (κ1) is 25.7. The molecule has 0 aliphatic carbocycles. The first-order valence-electron chi connectivity index (χ1n) is 10.9. The van der Waals surface area contributed by atoms with Crippen molar-refractivity contribution in [1.29, 1.82) is 0 Å². The number of carbonyl (C=O) groups is 2. The maximum atomic E-state index is 13.6. The van der Waals surface area contributed by atoms with E-state index in [1.807, 2.05) is 31.5 Å². The van der Waals surface area contributed by atoms with E-state index in [1.54, 1.807) is 37.4 Å². The largest absolute Gasteiger partial charge is 0.437 e. The lowest BCUT2D eigenvalue weighted by molar-refractivity contribution is 0.0920. The molecule has 0 saturated heterocycles. The van der Waals surface area contributed by atoms with Crippen LogP contribution in [0.1, 0.15) is 47.2 Å². The number of amides is 2. The molecule has 11 heteroatoms. The molecule has 3 aromatic heterocycles. The fourth-order valence-corrected chi connectivity index (χ4v) is 4.40. The van der Waals surface area contributed by atoms with Crippen LogP contribution in [0.5, 0.6) is 11.6 Å². The lowest BCUT2D eigenvalue weighted by Crippen LogP contribution is -2.41. The predicted molar refractivity (Wildman–Crippen MR) is 142 cm³/mol. The molecule has 2 amide bonds. The zero-order valence-electron chi connectivity index (χ0n) is 19.9. The minimum atomic E-state index is -0.542. The monoisotopic (exact) mass is 543 g/mol. The second-order valence-electron chi connectivity index (χ2n) is 8.95. The number of thiophene rings is 1. The highest BCUT2D eigenvalue weighted by atomic mass is 35.5. The topological polar surface area (TPSA) is 98.1 Å². The number of hydrogen-bond acceptors (Lipinski definition) is 6. The summed E-state index contributed by atoms with van der Waals surface area (Å²) >= 11 is 14.1. The Morgan fingerprint density at radius 1 is 1.11 bits per heavy atom. The number of pyridine rings is 1. The fraction of sp³-hybridized carbons (Fsp3) is 0.200. The summed E-state index contributed by atoms with van der Waals surface area (Å²) in [5.74, 6) is 0.103. The van der Waals surface area contributed by atoms with Gasteiger partial charge in [0.25, 0.3) is 11.8 Å². The number of ether oxygens (including phenoxy) is 1. The smallest absolute Gasteiger partial charge is 0.274 e. The van der Waals surface area contributed by atoms with Crippen LogP contribution in [-0.4, -0.2) is 32.1 Å². The summed E-state index contributed by atoms with van der Waals surface area (Å²) in [6.45, 7) is 7.35. The molecule has 0 saturated carbocycles. The van der Waals surface area contributed by atoms with Crippen LogP contribution in [0.25, 0.3) is 5.82 Å². The second kappa shape index (κ2) is 10.3. The van der Waals surface area contributed by atoms with Gasteiger partial charge in [0, 0.05) is 28.2 Å². The van der Waals surface area contributed by atoms with E-state index in [-0.39, 0.29) is 28.9 Å². The Bertz CT molecular complexity index is 1430. The third-order valence-electron chi connectivity index (χ3n) is 4.85. The second-order valence-corrected chi connectivity index (χ2v) is 10.6. The Morgan fingerprint density at radius 2 is 1.89 bits per heavy atom. The number of rotatable bonds is 6. The van der Waals surface area contributed by atoms with Crippen LogP contribution in [0.15, 0.2) is 53.4 Å². The van der Waals surface area contributed by atoms with Gasteiger partial charge in [0.1, 0.15) is 11.4 Å².